The minimum atomic E-state index is -0.645. The van der Waals surface area contributed by atoms with Crippen LogP contribution in [0.3, 0.4) is 0 Å². The molecule has 2 rings (SSSR count). The van der Waals surface area contributed by atoms with Gasteiger partial charge in [0.2, 0.25) is 0 Å². The van der Waals surface area contributed by atoms with Crippen LogP contribution in [0.2, 0.25) is 0 Å². The Balaban J connectivity index is 2.24. The van der Waals surface area contributed by atoms with Gasteiger partial charge in [0.15, 0.2) is 0 Å². The molecule has 1 heterocycles. The molecule has 7 heteroatoms. The first-order valence-electron chi connectivity index (χ1n) is 5.67. The minimum Gasteiger partial charge on any atom is -0.377 e. The van der Waals surface area contributed by atoms with E-state index in [0.717, 1.165) is 11.8 Å². The molecule has 2 aromatic rings. The number of hydrogen-bond donors (Lipinski definition) is 1. The van der Waals surface area contributed by atoms with Crippen molar-refractivity contribution >= 4 is 11.4 Å². The van der Waals surface area contributed by atoms with Crippen LogP contribution in [-0.4, -0.2) is 14.7 Å². The minimum absolute atomic E-state index is 0.145. The second kappa shape index (κ2) is 5.05. The van der Waals surface area contributed by atoms with Crippen molar-refractivity contribution < 1.29 is 9.31 Å². The van der Waals surface area contributed by atoms with Crippen LogP contribution >= 0.6 is 0 Å². The summed E-state index contributed by atoms with van der Waals surface area (Å²) in [5.74, 6) is -0.645. The lowest BCUT2D eigenvalue weighted by atomic mass is 10.2. The van der Waals surface area contributed by atoms with Crippen LogP contribution in [0.25, 0.3) is 0 Å². The summed E-state index contributed by atoms with van der Waals surface area (Å²) >= 11 is 0. The number of nitrogens with one attached hydrogen (secondary N) is 1. The highest BCUT2D eigenvalue weighted by atomic mass is 19.1. The van der Waals surface area contributed by atoms with Gasteiger partial charge in [-0.1, -0.05) is 0 Å². The van der Waals surface area contributed by atoms with Gasteiger partial charge in [-0.05, 0) is 19.1 Å². The smallest absolute Gasteiger partial charge is 0.274 e. The monoisotopic (exact) mass is 264 g/mol. The first kappa shape index (κ1) is 13.0. The van der Waals surface area contributed by atoms with E-state index in [-0.39, 0.29) is 11.7 Å². The Bertz CT molecular complexity index is 612. The molecule has 0 spiro atoms. The molecule has 1 aromatic heterocycles. The molecule has 1 aromatic carbocycles. The molecule has 1 atom stereocenters. The number of aryl methyl sites for hydroxylation is 1. The predicted molar refractivity (Wildman–Crippen MR) is 68.3 cm³/mol. The fourth-order valence-corrected chi connectivity index (χ4v) is 1.90. The van der Waals surface area contributed by atoms with Crippen molar-refractivity contribution in [2.75, 3.05) is 5.32 Å². The van der Waals surface area contributed by atoms with E-state index in [0.29, 0.717) is 5.69 Å². The summed E-state index contributed by atoms with van der Waals surface area (Å²) < 4.78 is 15.0. The molecule has 0 amide bonds. The molecule has 0 fully saturated rings. The number of nitro groups is 1. The Morgan fingerprint density at radius 3 is 2.79 bits per heavy atom. The molecule has 0 radical (unpaired) electrons. The van der Waals surface area contributed by atoms with Crippen molar-refractivity contribution in [1.29, 1.82) is 0 Å². The zero-order valence-electron chi connectivity index (χ0n) is 10.5. The summed E-state index contributed by atoms with van der Waals surface area (Å²) in [6.07, 6.45) is 1.65. The number of hydrogen-bond acceptors (Lipinski definition) is 4. The average Bonchev–Trinajstić information content (AvgIpc) is 2.74. The average molecular weight is 264 g/mol. The van der Waals surface area contributed by atoms with E-state index in [1.165, 1.54) is 12.1 Å². The predicted octanol–water partition coefficient (Wildman–Crippen LogP) is 2.64. The van der Waals surface area contributed by atoms with Crippen molar-refractivity contribution in [3.63, 3.8) is 0 Å². The summed E-state index contributed by atoms with van der Waals surface area (Å²) in [6, 6.07) is 5.09. The fourth-order valence-electron chi connectivity index (χ4n) is 1.90. The topological polar surface area (TPSA) is 73.0 Å². The van der Waals surface area contributed by atoms with Crippen molar-refractivity contribution in [3.8, 4) is 0 Å². The summed E-state index contributed by atoms with van der Waals surface area (Å²) in [6.45, 7) is 1.87. The lowest BCUT2D eigenvalue weighted by molar-refractivity contribution is -0.385. The van der Waals surface area contributed by atoms with Gasteiger partial charge >= 0.3 is 0 Å². The summed E-state index contributed by atoms with van der Waals surface area (Å²) in [7, 11) is 1.79. The van der Waals surface area contributed by atoms with E-state index in [4.69, 9.17) is 0 Å². The molecule has 0 bridgehead atoms. The Hall–Kier alpha value is -2.44. The van der Waals surface area contributed by atoms with E-state index in [2.05, 4.69) is 10.4 Å². The maximum atomic E-state index is 13.3. The Labute approximate surface area is 109 Å². The molecule has 19 heavy (non-hydrogen) atoms. The standard InChI is InChI=1S/C12H13FN4O2/c1-8(12-3-4-14-16(12)2)15-10-5-9(13)6-11(7-10)17(18)19/h3-8,15H,1-2H3. The zero-order chi connectivity index (χ0) is 14.0. The molecular weight excluding hydrogens is 251 g/mol. The largest absolute Gasteiger partial charge is 0.377 e. The van der Waals surface area contributed by atoms with E-state index in [1.54, 1.807) is 17.9 Å². The first-order chi connectivity index (χ1) is 8.97. The van der Waals surface area contributed by atoms with Crippen LogP contribution in [0.5, 0.6) is 0 Å². The lowest BCUT2D eigenvalue weighted by Gasteiger charge is -2.15. The lowest BCUT2D eigenvalue weighted by Crippen LogP contribution is -2.11. The van der Waals surface area contributed by atoms with E-state index in [9.17, 15) is 14.5 Å². The van der Waals surface area contributed by atoms with Crippen LogP contribution in [0.4, 0.5) is 15.8 Å². The molecule has 0 aliphatic rings. The van der Waals surface area contributed by atoms with Gasteiger partial charge in [-0.3, -0.25) is 14.8 Å². The number of nitrogens with zero attached hydrogens (tertiary/aromatic N) is 3. The van der Waals surface area contributed by atoms with Crippen molar-refractivity contribution in [2.45, 2.75) is 13.0 Å². The van der Waals surface area contributed by atoms with Crippen molar-refractivity contribution in [1.82, 2.24) is 9.78 Å². The van der Waals surface area contributed by atoms with Gasteiger partial charge in [0.25, 0.3) is 5.69 Å². The number of nitro benzene ring substituents is 1. The number of benzene rings is 1. The van der Waals surface area contributed by atoms with Crippen LogP contribution < -0.4 is 5.32 Å². The van der Waals surface area contributed by atoms with E-state index >= 15 is 0 Å². The van der Waals surface area contributed by atoms with Crippen molar-refractivity contribution in [2.24, 2.45) is 7.05 Å². The highest BCUT2D eigenvalue weighted by Crippen LogP contribution is 2.24. The van der Waals surface area contributed by atoms with Gasteiger partial charge in [-0.15, -0.1) is 0 Å². The molecule has 1 N–H and O–H groups in total. The highest BCUT2D eigenvalue weighted by molar-refractivity contribution is 5.52. The Morgan fingerprint density at radius 1 is 1.47 bits per heavy atom. The second-order valence-corrected chi connectivity index (χ2v) is 4.20. The number of anilines is 1. The van der Waals surface area contributed by atoms with Gasteiger partial charge in [0, 0.05) is 25.0 Å². The SMILES string of the molecule is CC(Nc1cc(F)cc([N+](=O)[O-])c1)c1ccnn1C. The van der Waals surface area contributed by atoms with Crippen LogP contribution in [0, 0.1) is 15.9 Å². The van der Waals surface area contributed by atoms with E-state index in [1.807, 2.05) is 13.0 Å². The van der Waals surface area contributed by atoms with Gasteiger partial charge in [-0.25, -0.2) is 4.39 Å². The highest BCUT2D eigenvalue weighted by Gasteiger charge is 2.13. The van der Waals surface area contributed by atoms with Crippen LogP contribution in [-0.2, 0) is 7.05 Å². The van der Waals surface area contributed by atoms with Gasteiger partial charge in [0.1, 0.15) is 5.82 Å². The molecular formula is C12H13FN4O2. The van der Waals surface area contributed by atoms with Crippen molar-refractivity contribution in [3.05, 3.63) is 52.1 Å². The third-order valence-electron chi connectivity index (χ3n) is 2.78. The molecule has 6 nitrogen and oxygen atoms in total. The Morgan fingerprint density at radius 2 is 2.21 bits per heavy atom. The third-order valence-corrected chi connectivity index (χ3v) is 2.78. The quantitative estimate of drug-likeness (QED) is 0.680. The molecule has 1 unspecified atom stereocenters. The summed E-state index contributed by atoms with van der Waals surface area (Å²) in [4.78, 5) is 10.0. The van der Waals surface area contributed by atoms with Crippen LogP contribution in [0.15, 0.2) is 30.5 Å². The van der Waals surface area contributed by atoms with E-state index < -0.39 is 10.7 Å². The molecule has 100 valence electrons. The zero-order valence-corrected chi connectivity index (χ0v) is 10.5. The maximum absolute atomic E-state index is 13.3. The summed E-state index contributed by atoms with van der Waals surface area (Å²) in [5.41, 5.74) is 0.979. The first-order valence-corrected chi connectivity index (χ1v) is 5.67. The maximum Gasteiger partial charge on any atom is 0.274 e. The number of rotatable bonds is 4. The normalized spacial score (nSPS) is 12.2. The molecule has 0 saturated heterocycles. The number of halogens is 1. The van der Waals surface area contributed by atoms with Gasteiger partial charge in [-0.2, -0.15) is 5.10 Å². The third kappa shape index (κ3) is 2.87. The van der Waals surface area contributed by atoms with Crippen LogP contribution in [0.1, 0.15) is 18.7 Å². The number of non-ortho nitro benzene ring substituents is 1. The molecule has 0 aliphatic heterocycles. The number of aromatic nitrogens is 2. The molecule has 0 saturated carbocycles. The molecule has 0 aliphatic carbocycles. The second-order valence-electron chi connectivity index (χ2n) is 4.20. The fraction of sp³-hybridized carbons (Fsp3) is 0.250. The Kier molecular flexibility index (Phi) is 3.46. The van der Waals surface area contributed by atoms with Gasteiger partial charge in [0.05, 0.1) is 22.7 Å². The summed E-state index contributed by atoms with van der Waals surface area (Å²) in [5, 5.41) is 17.7. The van der Waals surface area contributed by atoms with Gasteiger partial charge < -0.3 is 5.32 Å².